The van der Waals surface area contributed by atoms with Crippen LogP contribution in [0.25, 0.3) is 22.3 Å². The molecule has 0 aliphatic heterocycles. The van der Waals surface area contributed by atoms with E-state index < -0.39 is 17.3 Å². The topological polar surface area (TPSA) is 145 Å². The molecule has 0 saturated heterocycles. The lowest BCUT2D eigenvalue weighted by molar-refractivity contribution is 0.0975. The van der Waals surface area contributed by atoms with Crippen LogP contribution >= 0.6 is 0 Å². The Kier molecular flexibility index (Phi) is 5.29. The van der Waals surface area contributed by atoms with Crippen molar-refractivity contribution in [2.24, 2.45) is 0 Å². The second-order valence-corrected chi connectivity index (χ2v) is 8.30. The Morgan fingerprint density at radius 3 is 1.61 bits per heavy atom. The fourth-order valence-electron chi connectivity index (χ4n) is 4.56. The highest BCUT2D eigenvalue weighted by atomic mass is 16.5. The van der Waals surface area contributed by atoms with E-state index >= 15 is 0 Å². The molecule has 4 aromatic carbocycles. The van der Waals surface area contributed by atoms with Gasteiger partial charge in [-0.05, 0) is 47.5 Å². The highest BCUT2D eigenvalue weighted by Gasteiger charge is 2.39. The van der Waals surface area contributed by atoms with Gasteiger partial charge in [-0.1, -0.05) is 24.3 Å². The first kappa shape index (κ1) is 22.8. The van der Waals surface area contributed by atoms with Crippen molar-refractivity contribution in [2.75, 3.05) is 25.7 Å². The largest absolute Gasteiger partial charge is 0.507 e. The van der Waals surface area contributed by atoms with Crippen LogP contribution in [0.5, 0.6) is 23.0 Å². The van der Waals surface area contributed by atoms with E-state index in [0.717, 1.165) is 0 Å². The number of carbonyl (C=O) groups excluding carboxylic acids is 2. The number of ketones is 2. The first-order chi connectivity index (χ1) is 17.3. The number of nitrogens with two attached hydrogens (primary N) is 2. The molecule has 0 radical (unpaired) electrons. The molecule has 0 bridgehead atoms. The summed E-state index contributed by atoms with van der Waals surface area (Å²) < 4.78 is 10.3. The number of benzene rings is 4. The highest BCUT2D eigenvalue weighted by Crippen LogP contribution is 2.49. The number of nitrogen functional groups attached to an aromatic ring is 2. The predicted molar refractivity (Wildman–Crippen MR) is 136 cm³/mol. The molecule has 8 heteroatoms. The number of methoxy groups -OCH3 is 2. The van der Waals surface area contributed by atoms with E-state index in [9.17, 15) is 19.8 Å². The number of anilines is 2. The van der Waals surface area contributed by atoms with Crippen LogP contribution in [-0.2, 0) is 0 Å². The lowest BCUT2D eigenvalue weighted by atomic mass is 9.79. The molecule has 0 fully saturated rings. The van der Waals surface area contributed by atoms with Gasteiger partial charge in [0.25, 0.3) is 0 Å². The summed E-state index contributed by atoms with van der Waals surface area (Å²) in [4.78, 5) is 27.2. The Balaban J connectivity index is 1.70. The Morgan fingerprint density at radius 2 is 1.06 bits per heavy atom. The van der Waals surface area contributed by atoms with E-state index in [1.807, 2.05) is 0 Å². The van der Waals surface area contributed by atoms with Gasteiger partial charge in [0.05, 0.1) is 42.3 Å². The molecule has 1 aliphatic rings. The Morgan fingerprint density at radius 1 is 0.556 bits per heavy atom. The van der Waals surface area contributed by atoms with Crippen LogP contribution in [-0.4, -0.2) is 36.0 Å². The smallest absolute Gasteiger partial charge is 0.200 e. The minimum absolute atomic E-state index is 0.0394. The number of phenols is 2. The van der Waals surface area contributed by atoms with Crippen LogP contribution in [0.4, 0.5) is 11.4 Å². The molecular formula is C28H22N2O6. The zero-order valence-electron chi connectivity index (χ0n) is 19.5. The zero-order chi connectivity index (χ0) is 25.7. The molecule has 0 spiro atoms. The summed E-state index contributed by atoms with van der Waals surface area (Å²) in [5, 5.41) is 22.3. The van der Waals surface area contributed by atoms with Crippen molar-refractivity contribution in [3.63, 3.8) is 0 Å². The predicted octanol–water partition coefficient (Wildman–Crippen LogP) is 4.39. The van der Waals surface area contributed by atoms with Crippen molar-refractivity contribution >= 4 is 22.9 Å². The minimum Gasteiger partial charge on any atom is -0.507 e. The number of aromatic hydroxyl groups is 2. The van der Waals surface area contributed by atoms with E-state index in [0.29, 0.717) is 28.2 Å². The summed E-state index contributed by atoms with van der Waals surface area (Å²) in [6.07, 6.45) is 0. The monoisotopic (exact) mass is 482 g/mol. The van der Waals surface area contributed by atoms with Gasteiger partial charge in [0.1, 0.15) is 23.0 Å². The molecule has 0 saturated carbocycles. The van der Waals surface area contributed by atoms with E-state index in [2.05, 4.69) is 0 Å². The SMILES string of the molecule is COc1ccc(-c2ccc3c(c2O)C(=O)c2c(N)c(N)c(-c4ccc(OC)cc4)c(O)c2C3=O)cc1. The van der Waals surface area contributed by atoms with Crippen LogP contribution < -0.4 is 20.9 Å². The van der Waals surface area contributed by atoms with Crippen LogP contribution in [0, 0.1) is 0 Å². The van der Waals surface area contributed by atoms with E-state index in [1.54, 1.807) is 61.7 Å². The maximum atomic E-state index is 13.6. The number of fused-ring (bicyclic) bond motifs is 2. The van der Waals surface area contributed by atoms with Crippen LogP contribution in [0.2, 0.25) is 0 Å². The first-order valence-electron chi connectivity index (χ1n) is 11.0. The summed E-state index contributed by atoms with van der Waals surface area (Å²) in [7, 11) is 3.06. The minimum atomic E-state index is -0.701. The molecule has 8 nitrogen and oxygen atoms in total. The van der Waals surface area contributed by atoms with Crippen molar-refractivity contribution in [1.29, 1.82) is 0 Å². The first-order valence-corrected chi connectivity index (χ1v) is 11.0. The molecule has 180 valence electrons. The van der Waals surface area contributed by atoms with Crippen molar-refractivity contribution in [2.45, 2.75) is 0 Å². The molecule has 0 atom stereocenters. The average Bonchev–Trinajstić information content (AvgIpc) is 2.89. The standard InChI is InChI=1S/C28H22N2O6/c1-35-15-7-3-13(4-8-15)17-11-12-18-20(25(17)31)28(34)21-22(26(18)32)27(33)19(23(29)24(21)30)14-5-9-16(36-2)10-6-14/h3-12,31,33H,29-30H2,1-2H3. The number of carbonyl (C=O) groups is 2. The van der Waals surface area contributed by atoms with Crippen molar-refractivity contribution < 1.29 is 29.3 Å². The van der Waals surface area contributed by atoms with Crippen molar-refractivity contribution in [1.82, 2.24) is 0 Å². The third-order valence-electron chi connectivity index (χ3n) is 6.44. The van der Waals surface area contributed by atoms with Gasteiger partial charge in [0, 0.05) is 16.7 Å². The van der Waals surface area contributed by atoms with Gasteiger partial charge in [-0.15, -0.1) is 0 Å². The Hall–Kier alpha value is -4.98. The van der Waals surface area contributed by atoms with Gasteiger partial charge in [-0.2, -0.15) is 0 Å². The molecule has 5 rings (SSSR count). The quantitative estimate of drug-likeness (QED) is 0.218. The molecule has 4 aromatic rings. The second kappa shape index (κ2) is 8.35. The maximum Gasteiger partial charge on any atom is 0.200 e. The van der Waals surface area contributed by atoms with Crippen molar-refractivity contribution in [3.8, 4) is 45.3 Å². The third-order valence-corrected chi connectivity index (χ3v) is 6.44. The summed E-state index contributed by atoms with van der Waals surface area (Å²) in [5.41, 5.74) is 13.2. The number of hydrogen-bond acceptors (Lipinski definition) is 8. The van der Waals surface area contributed by atoms with Gasteiger partial charge in [-0.3, -0.25) is 9.59 Å². The van der Waals surface area contributed by atoms with E-state index in [-0.39, 0.29) is 44.9 Å². The van der Waals surface area contributed by atoms with Crippen LogP contribution in [0.3, 0.4) is 0 Å². The summed E-state index contributed by atoms with van der Waals surface area (Å²) in [6, 6.07) is 16.5. The molecule has 0 unspecified atom stereocenters. The Labute approximate surface area is 206 Å². The van der Waals surface area contributed by atoms with Gasteiger partial charge in [0.15, 0.2) is 5.78 Å². The number of hydrogen-bond donors (Lipinski definition) is 4. The zero-order valence-corrected chi connectivity index (χ0v) is 19.5. The van der Waals surface area contributed by atoms with Gasteiger partial charge < -0.3 is 31.2 Å². The van der Waals surface area contributed by atoms with E-state index in [1.165, 1.54) is 13.2 Å². The molecule has 0 aromatic heterocycles. The van der Waals surface area contributed by atoms with Crippen molar-refractivity contribution in [3.05, 3.63) is 82.9 Å². The molecular weight excluding hydrogens is 460 g/mol. The molecule has 6 N–H and O–H groups in total. The second-order valence-electron chi connectivity index (χ2n) is 8.30. The number of rotatable bonds is 4. The summed E-state index contributed by atoms with van der Waals surface area (Å²) >= 11 is 0. The third kappa shape index (κ3) is 3.23. The molecule has 1 aliphatic carbocycles. The fourth-order valence-corrected chi connectivity index (χ4v) is 4.56. The van der Waals surface area contributed by atoms with Gasteiger partial charge >= 0.3 is 0 Å². The average molecular weight is 482 g/mol. The van der Waals surface area contributed by atoms with Crippen LogP contribution in [0.15, 0.2) is 60.7 Å². The fraction of sp³-hybridized carbons (Fsp3) is 0.0714. The number of ether oxygens (including phenoxy) is 2. The van der Waals surface area contributed by atoms with E-state index in [4.69, 9.17) is 20.9 Å². The lowest BCUT2D eigenvalue weighted by Gasteiger charge is -2.25. The van der Waals surface area contributed by atoms with Crippen LogP contribution in [0.1, 0.15) is 31.8 Å². The molecule has 36 heavy (non-hydrogen) atoms. The summed E-state index contributed by atoms with van der Waals surface area (Å²) in [5.74, 6) is -0.944. The van der Waals surface area contributed by atoms with Gasteiger partial charge in [0.2, 0.25) is 5.78 Å². The van der Waals surface area contributed by atoms with Gasteiger partial charge in [-0.25, -0.2) is 0 Å². The molecule has 0 amide bonds. The Bertz CT molecular complexity index is 1560. The highest BCUT2D eigenvalue weighted by molar-refractivity contribution is 6.33. The normalized spacial score (nSPS) is 12.2. The molecule has 0 heterocycles. The maximum absolute atomic E-state index is 13.6. The number of phenolic OH excluding ortho intramolecular Hbond substituents is 2. The summed E-state index contributed by atoms with van der Waals surface area (Å²) in [6.45, 7) is 0. The lowest BCUT2D eigenvalue weighted by Crippen LogP contribution is -2.24.